The highest BCUT2D eigenvalue weighted by atomic mass is 32.2. The van der Waals surface area contributed by atoms with E-state index in [9.17, 15) is 22.4 Å². The number of halogens is 4. The Bertz CT molecular complexity index is 683. The summed E-state index contributed by atoms with van der Waals surface area (Å²) in [6.07, 6.45) is 2.31. The summed E-state index contributed by atoms with van der Waals surface area (Å²) in [4.78, 5) is 13.1. The third kappa shape index (κ3) is 3.97. The minimum atomic E-state index is -4.31. The van der Waals surface area contributed by atoms with Crippen molar-refractivity contribution in [1.82, 2.24) is 0 Å². The average molecular weight is 474 g/mol. The van der Waals surface area contributed by atoms with E-state index in [1.54, 1.807) is 13.8 Å². The van der Waals surface area contributed by atoms with E-state index in [2.05, 4.69) is 9.37 Å². The lowest BCUT2D eigenvalue weighted by Gasteiger charge is -2.62. The predicted octanol–water partition coefficient (Wildman–Crippen LogP) is 4.22. The fraction of sp³-hybridized carbons (Fsp3) is 0.947. The van der Waals surface area contributed by atoms with Crippen molar-refractivity contribution < 1.29 is 51.2 Å². The smallest absolute Gasteiger partial charge is 0.335 e. The van der Waals surface area contributed by atoms with Gasteiger partial charge in [0, 0.05) is 23.9 Å². The van der Waals surface area contributed by atoms with Crippen molar-refractivity contribution in [1.29, 1.82) is 0 Å². The summed E-state index contributed by atoms with van der Waals surface area (Å²) < 4.78 is 75.7. The van der Waals surface area contributed by atoms with Crippen LogP contribution in [0.2, 0.25) is 0 Å². The van der Waals surface area contributed by atoms with Crippen LogP contribution in [0.4, 0.5) is 17.6 Å². The number of carbonyl (C=O) groups is 1. The number of carbonyl (C=O) groups excluding carboxylic acids is 1. The highest BCUT2D eigenvalue weighted by Gasteiger charge is 2.70. The zero-order valence-corrected chi connectivity index (χ0v) is 18.0. The Kier molecular flexibility index (Phi) is 5.83. The first-order valence-electron chi connectivity index (χ1n) is 10.2. The Labute approximate surface area is 181 Å². The van der Waals surface area contributed by atoms with E-state index in [4.69, 9.17) is 19.5 Å². The molecule has 31 heavy (non-hydrogen) atoms. The van der Waals surface area contributed by atoms with E-state index in [0.717, 1.165) is 12.0 Å². The van der Waals surface area contributed by atoms with Crippen molar-refractivity contribution >= 4 is 18.0 Å². The molecule has 4 saturated carbocycles. The lowest BCUT2D eigenvalue weighted by Crippen LogP contribution is -2.65. The maximum absolute atomic E-state index is 13.9. The Morgan fingerprint density at radius 3 is 2.13 bits per heavy atom. The number of hydrogen-bond acceptors (Lipinski definition) is 8. The van der Waals surface area contributed by atoms with E-state index in [0.29, 0.717) is 19.3 Å². The van der Waals surface area contributed by atoms with Gasteiger partial charge >= 0.3 is 17.8 Å². The fourth-order valence-electron chi connectivity index (χ4n) is 5.83. The van der Waals surface area contributed by atoms with Crippen LogP contribution in [0, 0.1) is 23.2 Å². The molecule has 4 bridgehead atoms. The summed E-state index contributed by atoms with van der Waals surface area (Å²) >= 11 is 0.786. The molecule has 5 fully saturated rings. The molecule has 7 nitrogen and oxygen atoms in total. The molecule has 2 atom stereocenters. The average Bonchev–Trinajstić information content (AvgIpc) is 2.78. The van der Waals surface area contributed by atoms with Crippen molar-refractivity contribution in [3.63, 3.8) is 0 Å². The number of ether oxygens (including phenoxy) is 3. The van der Waals surface area contributed by atoms with Gasteiger partial charge in [0.05, 0.1) is 10.2 Å². The Morgan fingerprint density at radius 2 is 1.61 bits per heavy atom. The van der Waals surface area contributed by atoms with Crippen molar-refractivity contribution in [3.8, 4) is 0 Å². The van der Waals surface area contributed by atoms with Crippen LogP contribution < -0.4 is 0 Å². The van der Waals surface area contributed by atoms with E-state index in [-0.39, 0.29) is 25.4 Å². The van der Waals surface area contributed by atoms with Crippen LogP contribution >= 0.6 is 12.0 Å². The molecular formula is C19H26F4O7S. The van der Waals surface area contributed by atoms with Gasteiger partial charge in [-0.2, -0.15) is 17.6 Å². The van der Waals surface area contributed by atoms with Crippen molar-refractivity contribution in [3.05, 3.63) is 0 Å². The molecule has 0 aromatic carbocycles. The minimum absolute atomic E-state index is 0.0157. The van der Waals surface area contributed by atoms with Gasteiger partial charge in [-0.3, -0.25) is 4.79 Å². The fourth-order valence-corrected chi connectivity index (χ4v) is 6.15. The van der Waals surface area contributed by atoms with Crippen LogP contribution in [0.25, 0.3) is 0 Å². The first kappa shape index (κ1) is 23.5. The predicted molar refractivity (Wildman–Crippen MR) is 97.9 cm³/mol. The zero-order valence-electron chi connectivity index (χ0n) is 17.2. The van der Waals surface area contributed by atoms with Crippen molar-refractivity contribution in [2.24, 2.45) is 23.2 Å². The highest BCUT2D eigenvalue weighted by Crippen LogP contribution is 2.66. The van der Waals surface area contributed by atoms with Gasteiger partial charge in [-0.25, -0.2) is 5.26 Å². The van der Waals surface area contributed by atoms with E-state index >= 15 is 0 Å². The molecule has 2 unspecified atom stereocenters. The standard InChI is InChI=1S/C19H26F4O7S/c1-15(2,31-30-29-25)8-26-14(24)16-5-11-3-12(6-16)19(13(4-11)7-16)27-9-17(20,21)18(22,23)10-28-19/h11-13,25H,3-10H2,1-2H3. The molecule has 12 heteroatoms. The third-order valence-corrected chi connectivity index (χ3v) is 7.79. The number of esters is 1. The second-order valence-electron chi connectivity index (χ2n) is 9.89. The zero-order chi connectivity index (χ0) is 22.7. The third-order valence-electron chi connectivity index (χ3n) is 7.09. The quantitative estimate of drug-likeness (QED) is 0.202. The first-order valence-corrected chi connectivity index (χ1v) is 11.0. The molecule has 1 aliphatic heterocycles. The molecule has 4 aliphatic carbocycles. The van der Waals surface area contributed by atoms with Crippen LogP contribution in [0.5, 0.6) is 0 Å². The summed E-state index contributed by atoms with van der Waals surface area (Å²) in [6, 6.07) is 0. The number of alkyl halides is 4. The van der Waals surface area contributed by atoms with Gasteiger partial charge in [-0.15, -0.1) is 4.33 Å². The number of rotatable bonds is 6. The van der Waals surface area contributed by atoms with Crippen LogP contribution in [-0.4, -0.2) is 53.4 Å². The molecule has 0 amide bonds. The Hall–Kier alpha value is -0.660. The van der Waals surface area contributed by atoms with Gasteiger partial charge in [0.15, 0.2) is 5.79 Å². The maximum atomic E-state index is 13.9. The van der Waals surface area contributed by atoms with Crippen LogP contribution in [0.3, 0.4) is 0 Å². The Morgan fingerprint density at radius 1 is 1.06 bits per heavy atom. The lowest BCUT2D eigenvalue weighted by atomic mass is 9.47. The molecule has 0 aromatic heterocycles. The minimum Gasteiger partial charge on any atom is -0.464 e. The second-order valence-corrected chi connectivity index (χ2v) is 11.3. The van der Waals surface area contributed by atoms with Gasteiger partial charge < -0.3 is 14.2 Å². The highest BCUT2D eigenvalue weighted by molar-refractivity contribution is 7.95. The second kappa shape index (κ2) is 7.69. The summed E-state index contributed by atoms with van der Waals surface area (Å²) in [5, 5.41) is 11.9. The van der Waals surface area contributed by atoms with Crippen LogP contribution in [0.15, 0.2) is 0 Å². The first-order chi connectivity index (χ1) is 14.3. The lowest BCUT2D eigenvalue weighted by molar-refractivity contribution is -0.432. The molecule has 1 saturated heterocycles. The number of hydrogen-bond donors (Lipinski definition) is 1. The molecule has 5 rings (SSSR count). The summed E-state index contributed by atoms with van der Waals surface area (Å²) in [5.41, 5.74) is -0.819. The van der Waals surface area contributed by atoms with Gasteiger partial charge in [0.1, 0.15) is 19.8 Å². The van der Waals surface area contributed by atoms with Gasteiger partial charge in [0.2, 0.25) is 0 Å². The molecule has 0 aromatic rings. The van der Waals surface area contributed by atoms with Crippen LogP contribution in [0.1, 0.15) is 46.0 Å². The molecule has 1 spiro atoms. The molecule has 1 N–H and O–H groups in total. The summed E-state index contributed by atoms with van der Waals surface area (Å²) in [5.74, 6) is -11.3. The van der Waals surface area contributed by atoms with Gasteiger partial charge in [-0.1, -0.05) is 5.04 Å². The molecule has 5 aliphatic rings. The monoisotopic (exact) mass is 474 g/mol. The summed E-state index contributed by atoms with van der Waals surface area (Å²) in [6.45, 7) is 0.623. The van der Waals surface area contributed by atoms with Gasteiger partial charge in [0.25, 0.3) is 0 Å². The maximum Gasteiger partial charge on any atom is 0.335 e. The van der Waals surface area contributed by atoms with E-state index < -0.39 is 58.8 Å². The largest absolute Gasteiger partial charge is 0.464 e. The van der Waals surface area contributed by atoms with Crippen molar-refractivity contribution in [2.75, 3.05) is 19.8 Å². The molecule has 178 valence electrons. The Balaban J connectivity index is 1.49. The topological polar surface area (TPSA) is 83.5 Å². The van der Waals surface area contributed by atoms with Crippen molar-refractivity contribution in [2.45, 2.75) is 68.3 Å². The summed E-state index contributed by atoms with van der Waals surface area (Å²) in [7, 11) is 0. The SMILES string of the molecule is CC(C)(COC(=O)C12CC3CC(C1)C1(OCC(F)(F)C(F)(F)CO1)C(C3)C2)SOOO. The van der Waals surface area contributed by atoms with Gasteiger partial charge in [-0.05, 0) is 51.9 Å². The molecule has 0 radical (unpaired) electrons. The molecular weight excluding hydrogens is 448 g/mol. The van der Waals surface area contributed by atoms with E-state index in [1.165, 1.54) is 0 Å². The van der Waals surface area contributed by atoms with E-state index in [1.807, 2.05) is 0 Å². The van der Waals surface area contributed by atoms with Crippen LogP contribution in [-0.2, 0) is 28.4 Å². The molecule has 1 heterocycles. The normalized spacial score (nSPS) is 37.6.